The summed E-state index contributed by atoms with van der Waals surface area (Å²) in [5.74, 6) is -0.781. The minimum atomic E-state index is -4.78. The molecule has 9 nitrogen and oxygen atoms in total. The molecule has 0 radical (unpaired) electrons. The lowest BCUT2D eigenvalue weighted by molar-refractivity contribution is -0.161. The number of hydrogen-bond acceptors (Lipinski definition) is 7. The van der Waals surface area contributed by atoms with E-state index in [-0.39, 0.29) is 25.2 Å². The lowest BCUT2D eigenvalue weighted by atomic mass is 10.1. The van der Waals surface area contributed by atoms with E-state index in [1.165, 1.54) is 57.8 Å². The highest BCUT2D eigenvalue weighted by molar-refractivity contribution is 7.46. The SMILES string of the molecule is CCCCC/C=C\C/C=C\CCCCCCCCCCCC(=O)OC[C@H](COP(=O)(O)O)OC(=O)CCCCCCC/C=C\C=C\C(=O)CCCCC. The van der Waals surface area contributed by atoms with Crippen molar-refractivity contribution in [2.75, 3.05) is 13.2 Å². The van der Waals surface area contributed by atoms with Crippen molar-refractivity contribution < 1.29 is 42.7 Å². The average molecular weight is 767 g/mol. The van der Waals surface area contributed by atoms with Crippen LogP contribution >= 0.6 is 7.82 Å². The van der Waals surface area contributed by atoms with Gasteiger partial charge in [0.05, 0.1) is 6.61 Å². The van der Waals surface area contributed by atoms with Gasteiger partial charge in [0.15, 0.2) is 11.9 Å². The van der Waals surface area contributed by atoms with Crippen molar-refractivity contribution in [2.45, 2.75) is 193 Å². The second-order valence-corrected chi connectivity index (χ2v) is 15.2. The molecule has 10 heteroatoms. The predicted octanol–water partition coefficient (Wildman–Crippen LogP) is 11.9. The van der Waals surface area contributed by atoms with Crippen LogP contribution in [0.1, 0.15) is 187 Å². The molecular formula is C43H75O9P. The van der Waals surface area contributed by atoms with Crippen LogP contribution in [0.4, 0.5) is 0 Å². The molecule has 0 aliphatic heterocycles. The van der Waals surface area contributed by atoms with Crippen molar-refractivity contribution >= 4 is 25.5 Å². The zero-order valence-corrected chi connectivity index (χ0v) is 34.3. The van der Waals surface area contributed by atoms with Crippen molar-refractivity contribution in [3.63, 3.8) is 0 Å². The molecule has 0 saturated heterocycles. The quantitative estimate of drug-likeness (QED) is 0.0157. The maximum atomic E-state index is 12.4. The first kappa shape index (κ1) is 50.7. The lowest BCUT2D eigenvalue weighted by Gasteiger charge is -2.18. The first-order valence-corrected chi connectivity index (χ1v) is 22.4. The molecule has 0 aromatic carbocycles. The maximum Gasteiger partial charge on any atom is 0.469 e. The van der Waals surface area contributed by atoms with Gasteiger partial charge in [0.25, 0.3) is 0 Å². The zero-order chi connectivity index (χ0) is 39.1. The number of esters is 2. The van der Waals surface area contributed by atoms with E-state index in [1.807, 2.05) is 6.08 Å². The van der Waals surface area contributed by atoms with Gasteiger partial charge in [0.2, 0.25) is 0 Å². The van der Waals surface area contributed by atoms with Crippen LogP contribution in [0.5, 0.6) is 0 Å². The van der Waals surface area contributed by atoms with Crippen molar-refractivity contribution in [3.8, 4) is 0 Å². The molecule has 0 aromatic rings. The summed E-state index contributed by atoms with van der Waals surface area (Å²) >= 11 is 0. The molecule has 0 amide bonds. The molecule has 0 unspecified atom stereocenters. The Balaban J connectivity index is 3.98. The minimum absolute atomic E-state index is 0.159. The summed E-state index contributed by atoms with van der Waals surface area (Å²) in [7, 11) is -4.78. The van der Waals surface area contributed by atoms with Crippen LogP contribution in [0, 0.1) is 0 Å². The number of allylic oxidation sites excluding steroid dienone is 8. The van der Waals surface area contributed by atoms with Gasteiger partial charge < -0.3 is 19.3 Å². The van der Waals surface area contributed by atoms with E-state index in [4.69, 9.17) is 19.3 Å². The number of carbonyl (C=O) groups is 3. The predicted molar refractivity (Wildman–Crippen MR) is 216 cm³/mol. The topological polar surface area (TPSA) is 136 Å². The number of unbranched alkanes of at least 4 members (excludes halogenated alkanes) is 19. The van der Waals surface area contributed by atoms with Gasteiger partial charge in [0.1, 0.15) is 6.61 Å². The molecule has 0 aliphatic carbocycles. The van der Waals surface area contributed by atoms with Gasteiger partial charge in [-0.05, 0) is 70.3 Å². The maximum absolute atomic E-state index is 12.4. The Kier molecular flexibility index (Phi) is 36.3. The number of hydrogen-bond donors (Lipinski definition) is 2. The van der Waals surface area contributed by atoms with E-state index in [0.717, 1.165) is 83.5 Å². The summed E-state index contributed by atoms with van der Waals surface area (Å²) in [5.41, 5.74) is 0. The summed E-state index contributed by atoms with van der Waals surface area (Å²) in [6, 6.07) is 0. The van der Waals surface area contributed by atoms with E-state index in [1.54, 1.807) is 12.2 Å². The summed E-state index contributed by atoms with van der Waals surface area (Å²) in [4.78, 5) is 54.5. The zero-order valence-electron chi connectivity index (χ0n) is 33.4. The summed E-state index contributed by atoms with van der Waals surface area (Å²) in [6.07, 6.45) is 42.4. The van der Waals surface area contributed by atoms with E-state index in [0.29, 0.717) is 19.3 Å². The molecule has 0 aliphatic rings. The summed E-state index contributed by atoms with van der Waals surface area (Å²) in [6.45, 7) is 3.48. The van der Waals surface area contributed by atoms with Crippen LogP contribution in [0.25, 0.3) is 0 Å². The smallest absolute Gasteiger partial charge is 0.462 e. The molecule has 53 heavy (non-hydrogen) atoms. The average Bonchev–Trinajstić information content (AvgIpc) is 3.12. The third-order valence-electron chi connectivity index (χ3n) is 8.80. The standard InChI is InChI=1S/C43H75O9P/c1-3-5-7-8-9-10-11-12-13-14-15-16-17-18-19-22-25-28-32-36-42(45)50-38-41(39-51-53(47,48)49)52-43(46)37-33-29-26-23-20-21-24-27-31-35-40(44)34-30-6-4-2/h9-10,12-13,24,27,31,35,41H,3-8,11,14-23,25-26,28-30,32-34,36-39H2,1-2H3,(H2,47,48,49)/b10-9-,13-12-,27-24-,35-31+/t41-/m1/s1. The van der Waals surface area contributed by atoms with Crippen LogP contribution in [0.2, 0.25) is 0 Å². The highest BCUT2D eigenvalue weighted by atomic mass is 31.2. The highest BCUT2D eigenvalue weighted by Crippen LogP contribution is 2.36. The Morgan fingerprint density at radius 1 is 0.547 bits per heavy atom. The van der Waals surface area contributed by atoms with Gasteiger partial charge in [-0.15, -0.1) is 0 Å². The Morgan fingerprint density at radius 3 is 1.58 bits per heavy atom. The Hall–Kier alpha value is -2.32. The Labute approximate surface area is 322 Å². The van der Waals surface area contributed by atoms with Gasteiger partial charge in [-0.2, -0.15) is 0 Å². The van der Waals surface area contributed by atoms with Crippen molar-refractivity contribution in [2.24, 2.45) is 0 Å². The van der Waals surface area contributed by atoms with E-state index in [2.05, 4.69) is 48.8 Å². The van der Waals surface area contributed by atoms with Crippen molar-refractivity contribution in [3.05, 3.63) is 48.6 Å². The third-order valence-corrected chi connectivity index (χ3v) is 9.28. The van der Waals surface area contributed by atoms with Crippen LogP contribution in [-0.4, -0.2) is 46.8 Å². The fourth-order valence-electron chi connectivity index (χ4n) is 5.62. The van der Waals surface area contributed by atoms with Gasteiger partial charge in [-0.1, -0.05) is 146 Å². The second-order valence-electron chi connectivity index (χ2n) is 14.0. The Morgan fingerprint density at radius 2 is 1.02 bits per heavy atom. The van der Waals surface area contributed by atoms with Crippen LogP contribution in [0.15, 0.2) is 48.6 Å². The molecule has 2 N–H and O–H groups in total. The largest absolute Gasteiger partial charge is 0.469 e. The third kappa shape index (κ3) is 40.7. The van der Waals surface area contributed by atoms with E-state index < -0.39 is 32.5 Å². The number of ether oxygens (including phenoxy) is 2. The van der Waals surface area contributed by atoms with Gasteiger partial charge in [-0.3, -0.25) is 18.9 Å². The molecule has 0 aromatic heterocycles. The van der Waals surface area contributed by atoms with Crippen LogP contribution in [0.3, 0.4) is 0 Å². The molecule has 306 valence electrons. The normalized spacial score (nSPS) is 12.8. The monoisotopic (exact) mass is 767 g/mol. The first-order chi connectivity index (χ1) is 25.7. The Bertz CT molecular complexity index is 1060. The molecule has 0 saturated carbocycles. The van der Waals surface area contributed by atoms with Gasteiger partial charge in [0, 0.05) is 19.3 Å². The molecule has 0 fully saturated rings. The van der Waals surface area contributed by atoms with Crippen molar-refractivity contribution in [1.29, 1.82) is 0 Å². The second kappa shape index (κ2) is 38.0. The highest BCUT2D eigenvalue weighted by Gasteiger charge is 2.22. The van der Waals surface area contributed by atoms with Crippen molar-refractivity contribution in [1.82, 2.24) is 0 Å². The number of rotatable bonds is 38. The van der Waals surface area contributed by atoms with Gasteiger partial charge in [-0.25, -0.2) is 4.57 Å². The number of carbonyl (C=O) groups excluding carboxylic acids is 3. The molecule has 0 bridgehead atoms. The summed E-state index contributed by atoms with van der Waals surface area (Å²) in [5, 5.41) is 0. The van der Waals surface area contributed by atoms with E-state index in [9.17, 15) is 18.9 Å². The van der Waals surface area contributed by atoms with E-state index >= 15 is 0 Å². The fraction of sp³-hybridized carbons (Fsp3) is 0.744. The van der Waals surface area contributed by atoms with Crippen LogP contribution in [-0.2, 0) is 32.9 Å². The number of phosphoric ester groups is 1. The lowest BCUT2D eigenvalue weighted by Crippen LogP contribution is -2.29. The number of ketones is 1. The molecule has 0 spiro atoms. The molecule has 0 rings (SSSR count). The summed E-state index contributed by atoms with van der Waals surface area (Å²) < 4.78 is 26.3. The first-order valence-electron chi connectivity index (χ1n) is 20.9. The minimum Gasteiger partial charge on any atom is -0.462 e. The number of phosphoric acid groups is 1. The molecule has 1 atom stereocenters. The molecule has 0 heterocycles. The fourth-order valence-corrected chi connectivity index (χ4v) is 5.98. The van der Waals surface area contributed by atoms with Gasteiger partial charge >= 0.3 is 19.8 Å². The van der Waals surface area contributed by atoms with Crippen LogP contribution < -0.4 is 0 Å². The molecular weight excluding hydrogens is 691 g/mol.